The number of nitrogens with zero attached hydrogens (tertiary/aromatic N) is 1. The van der Waals surface area contributed by atoms with E-state index in [-0.39, 0.29) is 35.5 Å². The second kappa shape index (κ2) is 15.0. The van der Waals surface area contributed by atoms with E-state index < -0.39 is 0 Å². The van der Waals surface area contributed by atoms with E-state index in [4.69, 9.17) is 0 Å². The standard InChI is InChI=1S/C28H45N3O4/c32-25(30-24-11-7-4-2-1-3-5-8-12-24)13-9-6-10-20-29-28(35)23-16-14-22(15-17-23)21-31-26(33)18-19-27(31)34/h18-19,22-24H,1-17,20-21H2,(H,29,35)(H,30,32). The Bertz CT molecular complexity index is 714. The van der Waals surface area contributed by atoms with Crippen LogP contribution in [0, 0.1) is 11.8 Å². The Morgan fingerprint density at radius 2 is 1.37 bits per heavy atom. The minimum atomic E-state index is -0.224. The molecule has 35 heavy (non-hydrogen) atoms. The van der Waals surface area contributed by atoms with Gasteiger partial charge in [0.15, 0.2) is 0 Å². The van der Waals surface area contributed by atoms with E-state index in [9.17, 15) is 19.2 Å². The molecule has 3 rings (SSSR count). The molecule has 1 heterocycles. The summed E-state index contributed by atoms with van der Waals surface area (Å²) in [5, 5.41) is 6.33. The first-order chi connectivity index (χ1) is 17.0. The van der Waals surface area contributed by atoms with Gasteiger partial charge in [-0.3, -0.25) is 24.1 Å². The Morgan fingerprint density at radius 3 is 2.00 bits per heavy atom. The molecule has 7 nitrogen and oxygen atoms in total. The van der Waals surface area contributed by atoms with Crippen LogP contribution in [0.15, 0.2) is 12.2 Å². The van der Waals surface area contributed by atoms with E-state index in [0.717, 1.165) is 57.8 Å². The molecule has 0 aromatic carbocycles. The summed E-state index contributed by atoms with van der Waals surface area (Å²) in [4.78, 5) is 49.6. The van der Waals surface area contributed by atoms with E-state index >= 15 is 0 Å². The first kappa shape index (κ1) is 27.4. The Hall–Kier alpha value is -2.18. The van der Waals surface area contributed by atoms with Crippen molar-refractivity contribution in [3.63, 3.8) is 0 Å². The van der Waals surface area contributed by atoms with Crippen molar-refractivity contribution < 1.29 is 19.2 Å². The highest BCUT2D eigenvalue weighted by Crippen LogP contribution is 2.30. The molecule has 0 atom stereocenters. The van der Waals surface area contributed by atoms with Crippen LogP contribution in [-0.4, -0.2) is 47.7 Å². The SMILES string of the molecule is O=C(CCCCCNC(=O)C1CCC(CN2C(=O)C=CC2=O)CC1)NC1CCCCCCCCC1. The van der Waals surface area contributed by atoms with Crippen molar-refractivity contribution in [2.24, 2.45) is 11.8 Å². The highest BCUT2D eigenvalue weighted by Gasteiger charge is 2.31. The predicted molar refractivity (Wildman–Crippen MR) is 136 cm³/mol. The largest absolute Gasteiger partial charge is 0.356 e. The van der Waals surface area contributed by atoms with E-state index in [2.05, 4.69) is 10.6 Å². The van der Waals surface area contributed by atoms with Gasteiger partial charge in [-0.1, -0.05) is 51.4 Å². The number of amides is 4. The molecule has 196 valence electrons. The number of carbonyl (C=O) groups excluding carboxylic acids is 4. The third-order valence-electron chi connectivity index (χ3n) is 7.91. The van der Waals surface area contributed by atoms with Crippen molar-refractivity contribution in [2.75, 3.05) is 13.1 Å². The Morgan fingerprint density at radius 1 is 0.771 bits per heavy atom. The van der Waals surface area contributed by atoms with E-state index in [0.29, 0.717) is 25.6 Å². The first-order valence-electron chi connectivity index (χ1n) is 14.1. The molecule has 0 radical (unpaired) electrons. The van der Waals surface area contributed by atoms with Crippen LogP contribution >= 0.6 is 0 Å². The van der Waals surface area contributed by atoms with Gasteiger partial charge in [0.1, 0.15) is 0 Å². The summed E-state index contributed by atoms with van der Waals surface area (Å²) in [6.45, 7) is 1.12. The normalized spacial score (nSPS) is 24.4. The summed E-state index contributed by atoms with van der Waals surface area (Å²) in [6, 6.07) is 0.350. The maximum Gasteiger partial charge on any atom is 0.253 e. The molecule has 0 aromatic heterocycles. The third kappa shape index (κ3) is 9.77. The molecule has 3 aliphatic rings. The summed E-state index contributed by atoms with van der Waals surface area (Å²) in [5.74, 6) is 0.163. The molecule has 1 aliphatic heterocycles. The van der Waals surface area contributed by atoms with Gasteiger partial charge in [-0.15, -0.1) is 0 Å². The molecule has 0 spiro atoms. The van der Waals surface area contributed by atoms with Crippen LogP contribution < -0.4 is 10.6 Å². The van der Waals surface area contributed by atoms with E-state index in [1.165, 1.54) is 62.0 Å². The zero-order valence-corrected chi connectivity index (χ0v) is 21.4. The molecule has 2 N–H and O–H groups in total. The van der Waals surface area contributed by atoms with Crippen molar-refractivity contribution in [2.45, 2.75) is 115 Å². The average molecular weight is 488 g/mol. The number of unbranched alkanes of at least 4 members (excludes halogenated alkanes) is 2. The molecule has 7 heteroatoms. The number of nitrogens with one attached hydrogen (secondary N) is 2. The van der Waals surface area contributed by atoms with Gasteiger partial charge in [-0.05, 0) is 57.3 Å². The van der Waals surface area contributed by atoms with Crippen LogP contribution in [0.25, 0.3) is 0 Å². The molecule has 4 amide bonds. The lowest BCUT2D eigenvalue weighted by Gasteiger charge is -2.30. The molecule has 0 unspecified atom stereocenters. The minimum absolute atomic E-state index is 0.0254. The van der Waals surface area contributed by atoms with Crippen molar-refractivity contribution in [1.29, 1.82) is 0 Å². The third-order valence-corrected chi connectivity index (χ3v) is 7.91. The number of rotatable bonds is 10. The average Bonchev–Trinajstić information content (AvgIpc) is 3.17. The lowest BCUT2D eigenvalue weighted by atomic mass is 9.81. The zero-order valence-electron chi connectivity index (χ0n) is 21.4. The van der Waals surface area contributed by atoms with Crippen molar-refractivity contribution in [3.05, 3.63) is 12.2 Å². The number of hydrogen-bond donors (Lipinski definition) is 2. The fourth-order valence-electron chi connectivity index (χ4n) is 5.67. The lowest BCUT2D eigenvalue weighted by Crippen LogP contribution is -2.38. The van der Waals surface area contributed by atoms with Gasteiger partial charge < -0.3 is 10.6 Å². The van der Waals surface area contributed by atoms with Crippen LogP contribution in [0.3, 0.4) is 0 Å². The predicted octanol–water partition coefficient (Wildman–Crippen LogP) is 4.40. The molecule has 0 bridgehead atoms. The summed E-state index contributed by atoms with van der Waals surface area (Å²) < 4.78 is 0. The molecular weight excluding hydrogens is 442 g/mol. The van der Waals surface area contributed by atoms with E-state index in [1.807, 2.05) is 0 Å². The molecular formula is C28H45N3O4. The minimum Gasteiger partial charge on any atom is -0.356 e. The van der Waals surface area contributed by atoms with Crippen LogP contribution in [0.1, 0.15) is 109 Å². The van der Waals surface area contributed by atoms with Crippen LogP contribution in [-0.2, 0) is 19.2 Å². The number of hydrogen-bond acceptors (Lipinski definition) is 4. The Kier molecular flexibility index (Phi) is 11.8. The fraction of sp³-hybridized carbons (Fsp3) is 0.786. The molecule has 0 saturated heterocycles. The van der Waals surface area contributed by atoms with Gasteiger partial charge in [0.2, 0.25) is 11.8 Å². The van der Waals surface area contributed by atoms with Crippen molar-refractivity contribution >= 4 is 23.6 Å². The maximum atomic E-state index is 12.5. The molecule has 0 aromatic rings. The van der Waals surface area contributed by atoms with Crippen molar-refractivity contribution in [1.82, 2.24) is 15.5 Å². The van der Waals surface area contributed by atoms with Gasteiger partial charge in [0, 0.05) is 43.6 Å². The molecule has 2 fully saturated rings. The van der Waals surface area contributed by atoms with Gasteiger partial charge >= 0.3 is 0 Å². The monoisotopic (exact) mass is 487 g/mol. The number of imide groups is 1. The summed E-state index contributed by atoms with van der Waals surface area (Å²) >= 11 is 0. The second-order valence-electron chi connectivity index (χ2n) is 10.8. The summed E-state index contributed by atoms with van der Waals surface area (Å²) in [7, 11) is 0. The highest BCUT2D eigenvalue weighted by molar-refractivity contribution is 6.12. The zero-order chi connectivity index (χ0) is 24.9. The summed E-state index contributed by atoms with van der Waals surface area (Å²) in [6.07, 6.45) is 20.6. The van der Waals surface area contributed by atoms with Crippen LogP contribution in [0.5, 0.6) is 0 Å². The topological polar surface area (TPSA) is 95.6 Å². The van der Waals surface area contributed by atoms with Crippen LogP contribution in [0.4, 0.5) is 0 Å². The fourth-order valence-corrected chi connectivity index (χ4v) is 5.67. The van der Waals surface area contributed by atoms with Crippen molar-refractivity contribution in [3.8, 4) is 0 Å². The second-order valence-corrected chi connectivity index (χ2v) is 10.8. The Labute approximate surface area is 210 Å². The van der Waals surface area contributed by atoms with Gasteiger partial charge in [0.05, 0.1) is 0 Å². The molecule has 2 aliphatic carbocycles. The smallest absolute Gasteiger partial charge is 0.253 e. The highest BCUT2D eigenvalue weighted by atomic mass is 16.2. The first-order valence-corrected chi connectivity index (χ1v) is 14.1. The van der Waals surface area contributed by atoms with Gasteiger partial charge in [0.25, 0.3) is 11.8 Å². The quantitative estimate of drug-likeness (QED) is 0.353. The molecule has 2 saturated carbocycles. The lowest BCUT2D eigenvalue weighted by molar-refractivity contribution is -0.138. The Balaban J connectivity index is 1.20. The maximum absolute atomic E-state index is 12.5. The number of carbonyl (C=O) groups is 4. The van der Waals surface area contributed by atoms with Gasteiger partial charge in [-0.2, -0.15) is 0 Å². The summed E-state index contributed by atoms with van der Waals surface area (Å²) in [5.41, 5.74) is 0. The van der Waals surface area contributed by atoms with E-state index in [1.54, 1.807) is 0 Å². The van der Waals surface area contributed by atoms with Gasteiger partial charge in [-0.25, -0.2) is 0 Å². The van der Waals surface area contributed by atoms with Crippen LogP contribution in [0.2, 0.25) is 0 Å².